The number of hydrogen-bond acceptors (Lipinski definition) is 3. The summed E-state index contributed by atoms with van der Waals surface area (Å²) in [5.74, 6) is 0. The lowest BCUT2D eigenvalue weighted by Gasteiger charge is -2.01. The number of fused-ring (bicyclic) bond motifs is 1. The molecule has 0 fully saturated rings. The van der Waals surface area contributed by atoms with E-state index in [0.29, 0.717) is 0 Å². The van der Waals surface area contributed by atoms with E-state index >= 15 is 0 Å². The summed E-state index contributed by atoms with van der Waals surface area (Å²) in [7, 11) is 0. The number of carbonyl (C=O) groups excluding carboxylic acids is 1. The first-order chi connectivity index (χ1) is 6.24. The van der Waals surface area contributed by atoms with Crippen LogP contribution in [0.3, 0.4) is 0 Å². The Balaban J connectivity index is 2.95. The molecule has 0 atom stereocenters. The van der Waals surface area contributed by atoms with Gasteiger partial charge in [-0.15, -0.1) is 11.3 Å². The molecule has 1 aromatic heterocycles. The van der Waals surface area contributed by atoms with Crippen LogP contribution >= 0.6 is 33.9 Å². The van der Waals surface area contributed by atoms with Gasteiger partial charge in [0, 0.05) is 14.5 Å². The van der Waals surface area contributed by atoms with Crippen molar-refractivity contribution in [2.24, 2.45) is 0 Å². The third kappa shape index (κ3) is 1.34. The largest absolute Gasteiger partial charge is 0.397 e. The number of nitrogens with two attached hydrogens (primary N) is 1. The number of aldehydes is 1. The Morgan fingerprint density at radius 3 is 3.00 bits per heavy atom. The van der Waals surface area contributed by atoms with E-state index in [4.69, 9.17) is 5.73 Å². The van der Waals surface area contributed by atoms with Crippen LogP contribution < -0.4 is 5.73 Å². The molecule has 13 heavy (non-hydrogen) atoms. The number of carbonyl (C=O) groups is 1. The minimum Gasteiger partial charge on any atom is -0.397 e. The zero-order chi connectivity index (χ0) is 9.42. The van der Waals surface area contributed by atoms with Crippen LogP contribution in [0.4, 0.5) is 5.69 Å². The fourth-order valence-electron chi connectivity index (χ4n) is 1.24. The average Bonchev–Trinajstić information content (AvgIpc) is 2.60. The van der Waals surface area contributed by atoms with Gasteiger partial charge in [0.1, 0.15) is 0 Å². The van der Waals surface area contributed by atoms with Gasteiger partial charge >= 0.3 is 0 Å². The van der Waals surface area contributed by atoms with E-state index in [1.165, 1.54) is 0 Å². The van der Waals surface area contributed by atoms with Crippen molar-refractivity contribution in [2.75, 3.05) is 5.73 Å². The van der Waals surface area contributed by atoms with Gasteiger partial charge in [0.2, 0.25) is 0 Å². The van der Waals surface area contributed by atoms with E-state index in [2.05, 4.69) is 22.6 Å². The molecule has 1 aromatic carbocycles. The Labute approximate surface area is 92.9 Å². The lowest BCUT2D eigenvalue weighted by Crippen LogP contribution is -1.92. The van der Waals surface area contributed by atoms with Crippen LogP contribution in [0.15, 0.2) is 17.5 Å². The van der Waals surface area contributed by atoms with Gasteiger partial charge < -0.3 is 5.73 Å². The molecule has 0 bridgehead atoms. The van der Waals surface area contributed by atoms with E-state index in [0.717, 1.165) is 31.2 Å². The molecule has 2 rings (SSSR count). The number of nitrogen functional groups attached to an aromatic ring is 1. The molecule has 0 aliphatic carbocycles. The van der Waals surface area contributed by atoms with E-state index < -0.39 is 0 Å². The molecule has 0 spiro atoms. The summed E-state index contributed by atoms with van der Waals surface area (Å²) in [6.07, 6.45) is 0.872. The maximum atomic E-state index is 10.7. The number of benzene rings is 1. The normalized spacial score (nSPS) is 10.5. The van der Waals surface area contributed by atoms with Gasteiger partial charge in [-0.25, -0.2) is 0 Å². The van der Waals surface area contributed by atoms with Gasteiger partial charge in [-0.05, 0) is 40.1 Å². The van der Waals surface area contributed by atoms with Gasteiger partial charge in [-0.2, -0.15) is 0 Å². The van der Waals surface area contributed by atoms with Crippen molar-refractivity contribution >= 4 is 56.0 Å². The first kappa shape index (κ1) is 8.96. The van der Waals surface area contributed by atoms with E-state index in [1.807, 2.05) is 17.5 Å². The standard InChI is InChI=1S/C9H6INOS/c10-7-3-5(4-12)6-1-2-13-9(6)8(7)11/h1-4H,11H2. The third-order valence-electron chi connectivity index (χ3n) is 1.89. The van der Waals surface area contributed by atoms with Crippen LogP contribution in [0.5, 0.6) is 0 Å². The predicted octanol–water partition coefficient (Wildman–Crippen LogP) is 2.90. The highest BCUT2D eigenvalue weighted by Crippen LogP contribution is 2.32. The molecule has 2 N–H and O–H groups in total. The average molecular weight is 303 g/mol. The molecule has 2 aromatic rings. The van der Waals surface area contributed by atoms with E-state index in [9.17, 15) is 4.79 Å². The fraction of sp³-hybridized carbons (Fsp3) is 0. The lowest BCUT2D eigenvalue weighted by molar-refractivity contribution is 0.112. The first-order valence-electron chi connectivity index (χ1n) is 3.64. The maximum Gasteiger partial charge on any atom is 0.150 e. The highest BCUT2D eigenvalue weighted by molar-refractivity contribution is 14.1. The van der Waals surface area contributed by atoms with E-state index in [-0.39, 0.29) is 0 Å². The third-order valence-corrected chi connectivity index (χ3v) is 3.73. The topological polar surface area (TPSA) is 43.1 Å². The first-order valence-corrected chi connectivity index (χ1v) is 5.60. The van der Waals surface area contributed by atoms with Gasteiger partial charge in [-0.1, -0.05) is 0 Å². The molecule has 0 radical (unpaired) electrons. The summed E-state index contributed by atoms with van der Waals surface area (Å²) in [6.45, 7) is 0. The zero-order valence-corrected chi connectivity index (χ0v) is 9.56. The lowest BCUT2D eigenvalue weighted by atomic mass is 10.1. The van der Waals surface area contributed by atoms with Crippen LogP contribution in [0, 0.1) is 3.57 Å². The molecule has 0 saturated heterocycles. The second-order valence-electron chi connectivity index (χ2n) is 2.64. The highest BCUT2D eigenvalue weighted by atomic mass is 127. The molecule has 66 valence electrons. The Bertz CT molecular complexity index is 478. The summed E-state index contributed by atoms with van der Waals surface area (Å²) in [5, 5.41) is 2.90. The molecule has 0 aliphatic heterocycles. The Morgan fingerprint density at radius 1 is 1.54 bits per heavy atom. The van der Waals surface area contributed by atoms with E-state index in [1.54, 1.807) is 11.3 Å². The smallest absolute Gasteiger partial charge is 0.150 e. The molecule has 0 saturated carbocycles. The van der Waals surface area contributed by atoms with Gasteiger partial charge in [0.05, 0.1) is 10.4 Å². The van der Waals surface area contributed by atoms with Gasteiger partial charge in [-0.3, -0.25) is 4.79 Å². The van der Waals surface area contributed by atoms with Crippen LogP contribution in [-0.2, 0) is 0 Å². The summed E-state index contributed by atoms with van der Waals surface area (Å²) in [4.78, 5) is 10.7. The molecular weight excluding hydrogens is 297 g/mol. The van der Waals surface area contributed by atoms with Crippen molar-refractivity contribution in [3.8, 4) is 0 Å². The highest BCUT2D eigenvalue weighted by Gasteiger charge is 2.08. The van der Waals surface area contributed by atoms with Crippen LogP contribution in [0.1, 0.15) is 10.4 Å². The van der Waals surface area contributed by atoms with Crippen molar-refractivity contribution in [2.45, 2.75) is 0 Å². The van der Waals surface area contributed by atoms with Gasteiger partial charge in [0.15, 0.2) is 6.29 Å². The molecule has 4 heteroatoms. The molecule has 0 aliphatic rings. The zero-order valence-electron chi connectivity index (χ0n) is 6.58. The predicted molar refractivity (Wildman–Crippen MR) is 64.3 cm³/mol. The molecular formula is C9H6INOS. The number of halogens is 1. The van der Waals surface area contributed by atoms with Crippen LogP contribution in [0.2, 0.25) is 0 Å². The minimum absolute atomic E-state index is 0.717. The summed E-state index contributed by atoms with van der Waals surface area (Å²) in [6, 6.07) is 3.74. The molecule has 0 unspecified atom stereocenters. The molecule has 0 amide bonds. The number of hydrogen-bond donors (Lipinski definition) is 1. The fourth-order valence-corrected chi connectivity index (χ4v) is 2.92. The number of rotatable bonds is 1. The van der Waals surface area contributed by atoms with Crippen LogP contribution in [0.25, 0.3) is 10.1 Å². The second-order valence-corrected chi connectivity index (χ2v) is 4.72. The van der Waals surface area contributed by atoms with Crippen molar-refractivity contribution in [1.29, 1.82) is 0 Å². The quantitative estimate of drug-likeness (QED) is 0.500. The maximum absolute atomic E-state index is 10.7. The monoisotopic (exact) mass is 303 g/mol. The van der Waals surface area contributed by atoms with Crippen molar-refractivity contribution in [1.82, 2.24) is 0 Å². The summed E-state index contributed by atoms with van der Waals surface area (Å²) >= 11 is 3.71. The number of anilines is 1. The van der Waals surface area contributed by atoms with Crippen molar-refractivity contribution in [3.05, 3.63) is 26.6 Å². The van der Waals surface area contributed by atoms with Crippen molar-refractivity contribution in [3.63, 3.8) is 0 Å². The Morgan fingerprint density at radius 2 is 2.31 bits per heavy atom. The van der Waals surface area contributed by atoms with Gasteiger partial charge in [0.25, 0.3) is 0 Å². The SMILES string of the molecule is Nc1c(I)cc(C=O)c2ccsc12. The Hall–Kier alpha value is -0.620. The minimum atomic E-state index is 0.717. The molecule has 1 heterocycles. The number of thiophene rings is 1. The van der Waals surface area contributed by atoms with Crippen LogP contribution in [-0.4, -0.2) is 6.29 Å². The van der Waals surface area contributed by atoms with Crippen molar-refractivity contribution < 1.29 is 4.79 Å². The molecule has 2 nitrogen and oxygen atoms in total. The Kier molecular flexibility index (Phi) is 2.25. The summed E-state index contributed by atoms with van der Waals surface area (Å²) < 4.78 is 1.95. The second kappa shape index (κ2) is 3.26. The summed E-state index contributed by atoms with van der Waals surface area (Å²) in [5.41, 5.74) is 7.36.